The lowest BCUT2D eigenvalue weighted by Crippen LogP contribution is -2.36. The molecular formula is C18H20N6O2. The molecule has 0 aliphatic carbocycles. The van der Waals surface area contributed by atoms with Crippen LogP contribution in [0, 0.1) is 6.92 Å². The minimum Gasteiger partial charge on any atom is -0.338 e. The highest BCUT2D eigenvalue weighted by Crippen LogP contribution is 2.21. The summed E-state index contributed by atoms with van der Waals surface area (Å²) >= 11 is 0. The van der Waals surface area contributed by atoms with Crippen LogP contribution < -0.4 is 5.56 Å². The number of aromatic nitrogens is 5. The van der Waals surface area contributed by atoms with Crippen molar-refractivity contribution in [3.63, 3.8) is 0 Å². The Balaban J connectivity index is 1.53. The first-order valence-corrected chi connectivity index (χ1v) is 8.71. The minimum absolute atomic E-state index is 0.0990. The monoisotopic (exact) mass is 352 g/mol. The molecule has 4 rings (SSSR count). The van der Waals surface area contributed by atoms with Crippen molar-refractivity contribution in [1.29, 1.82) is 0 Å². The Kier molecular flexibility index (Phi) is 4.57. The van der Waals surface area contributed by atoms with Crippen LogP contribution in [0.1, 0.15) is 24.6 Å². The predicted octanol–water partition coefficient (Wildman–Crippen LogP) is 1.66. The van der Waals surface area contributed by atoms with Gasteiger partial charge in [-0.2, -0.15) is 10.1 Å². The Morgan fingerprint density at radius 1 is 1.31 bits per heavy atom. The molecule has 1 aliphatic rings. The summed E-state index contributed by atoms with van der Waals surface area (Å²) in [5.41, 5.74) is 1.54. The van der Waals surface area contributed by atoms with E-state index in [0.717, 1.165) is 30.6 Å². The topological polar surface area (TPSA) is 89.9 Å². The molecule has 1 aliphatic heterocycles. The van der Waals surface area contributed by atoms with Gasteiger partial charge in [-0.25, -0.2) is 4.68 Å². The molecule has 0 aromatic carbocycles. The Bertz CT molecular complexity index is 936. The highest BCUT2D eigenvalue weighted by Gasteiger charge is 2.27. The number of hydrogen-bond acceptors (Lipinski definition) is 7. The van der Waals surface area contributed by atoms with Crippen LogP contribution in [-0.2, 0) is 13.1 Å². The van der Waals surface area contributed by atoms with Crippen molar-refractivity contribution >= 4 is 0 Å². The molecule has 0 amide bonds. The van der Waals surface area contributed by atoms with Crippen LogP contribution in [0.15, 0.2) is 46.0 Å². The first-order valence-electron chi connectivity index (χ1n) is 8.71. The normalized spacial score (nSPS) is 17.7. The summed E-state index contributed by atoms with van der Waals surface area (Å²) in [5.74, 6) is 1.25. The molecule has 8 heteroatoms. The van der Waals surface area contributed by atoms with Gasteiger partial charge in [0.2, 0.25) is 5.89 Å². The summed E-state index contributed by atoms with van der Waals surface area (Å²) in [6.45, 7) is 3.90. The molecule has 0 N–H and O–H groups in total. The third-order valence-corrected chi connectivity index (χ3v) is 4.61. The summed E-state index contributed by atoms with van der Waals surface area (Å²) in [6, 6.07) is 7.32. The highest BCUT2D eigenvalue weighted by atomic mass is 16.5. The molecule has 8 nitrogen and oxygen atoms in total. The molecule has 26 heavy (non-hydrogen) atoms. The van der Waals surface area contributed by atoms with Crippen molar-refractivity contribution < 1.29 is 4.52 Å². The number of aryl methyl sites for hydroxylation is 1. The highest BCUT2D eigenvalue weighted by molar-refractivity contribution is 5.56. The molecule has 0 bridgehead atoms. The lowest BCUT2D eigenvalue weighted by molar-refractivity contribution is 0.190. The minimum atomic E-state index is -0.0990. The summed E-state index contributed by atoms with van der Waals surface area (Å²) < 4.78 is 6.78. The van der Waals surface area contributed by atoms with Crippen molar-refractivity contribution in [1.82, 2.24) is 29.8 Å². The maximum absolute atomic E-state index is 12.3. The fourth-order valence-electron chi connectivity index (χ4n) is 3.34. The summed E-state index contributed by atoms with van der Waals surface area (Å²) in [4.78, 5) is 23.0. The van der Waals surface area contributed by atoms with E-state index in [4.69, 9.17) is 4.52 Å². The zero-order valence-electron chi connectivity index (χ0n) is 14.6. The first kappa shape index (κ1) is 16.6. The zero-order chi connectivity index (χ0) is 17.9. The van der Waals surface area contributed by atoms with E-state index in [0.29, 0.717) is 24.8 Å². The molecule has 4 heterocycles. The second kappa shape index (κ2) is 7.17. The van der Waals surface area contributed by atoms with E-state index < -0.39 is 0 Å². The third-order valence-electron chi connectivity index (χ3n) is 4.61. The summed E-state index contributed by atoms with van der Waals surface area (Å²) in [6.07, 6.45) is 5.55. The fraction of sp³-hybridized carbons (Fsp3) is 0.389. The van der Waals surface area contributed by atoms with E-state index in [9.17, 15) is 4.79 Å². The van der Waals surface area contributed by atoms with Crippen LogP contribution in [0.3, 0.4) is 0 Å². The number of nitrogens with zero attached hydrogens (tertiary/aromatic N) is 6. The summed E-state index contributed by atoms with van der Waals surface area (Å²) in [7, 11) is 0. The Morgan fingerprint density at radius 3 is 3.00 bits per heavy atom. The molecule has 1 atom stereocenters. The molecule has 1 fully saturated rings. The largest absolute Gasteiger partial charge is 0.338 e. The van der Waals surface area contributed by atoms with E-state index in [1.165, 1.54) is 0 Å². The number of rotatable bonds is 5. The molecule has 3 aromatic rings. The number of likely N-dealkylation sites (tertiary alicyclic amines) is 1. The molecule has 134 valence electrons. The van der Waals surface area contributed by atoms with Crippen LogP contribution in [0.2, 0.25) is 0 Å². The number of hydrogen-bond donors (Lipinski definition) is 0. The van der Waals surface area contributed by atoms with E-state index >= 15 is 0 Å². The lowest BCUT2D eigenvalue weighted by atomic mass is 10.2. The van der Waals surface area contributed by atoms with Crippen molar-refractivity contribution in [2.45, 2.75) is 38.9 Å². The first-order chi connectivity index (χ1) is 12.7. The van der Waals surface area contributed by atoms with Gasteiger partial charge in [0, 0.05) is 30.1 Å². The fourth-order valence-corrected chi connectivity index (χ4v) is 3.34. The van der Waals surface area contributed by atoms with Crippen LogP contribution in [0.25, 0.3) is 11.3 Å². The Morgan fingerprint density at radius 2 is 2.23 bits per heavy atom. The number of pyridine rings is 1. The quantitative estimate of drug-likeness (QED) is 0.690. The van der Waals surface area contributed by atoms with Crippen molar-refractivity contribution in [2.75, 3.05) is 6.54 Å². The Labute approximate surface area is 150 Å². The van der Waals surface area contributed by atoms with E-state index in [2.05, 4.69) is 25.1 Å². The molecule has 0 radical (unpaired) electrons. The molecule has 1 saturated heterocycles. The van der Waals surface area contributed by atoms with Gasteiger partial charge in [-0.05, 0) is 44.5 Å². The molecule has 0 saturated carbocycles. The maximum Gasteiger partial charge on any atom is 0.266 e. The average molecular weight is 352 g/mol. The van der Waals surface area contributed by atoms with Gasteiger partial charge in [-0.1, -0.05) is 5.16 Å². The van der Waals surface area contributed by atoms with Gasteiger partial charge in [-0.3, -0.25) is 14.7 Å². The maximum atomic E-state index is 12.3. The van der Waals surface area contributed by atoms with Crippen LogP contribution in [0.4, 0.5) is 0 Å². The van der Waals surface area contributed by atoms with Gasteiger partial charge >= 0.3 is 0 Å². The zero-order valence-corrected chi connectivity index (χ0v) is 14.6. The SMILES string of the molecule is Cc1noc(CN2CCCC2Cn2nc(-c3cccnc3)ccc2=O)n1. The van der Waals surface area contributed by atoms with Gasteiger partial charge in [0.05, 0.1) is 18.8 Å². The average Bonchev–Trinajstić information content (AvgIpc) is 3.27. The van der Waals surface area contributed by atoms with Gasteiger partial charge in [0.25, 0.3) is 5.56 Å². The molecule has 3 aromatic heterocycles. The molecular weight excluding hydrogens is 332 g/mol. The predicted molar refractivity (Wildman–Crippen MR) is 94.2 cm³/mol. The standard InChI is InChI=1S/C18H20N6O2/c1-13-20-17(26-22-13)12-23-9-3-5-15(23)11-24-18(25)7-6-16(21-24)14-4-2-8-19-10-14/h2,4,6-8,10,15H,3,5,9,11-12H2,1H3. The molecule has 0 spiro atoms. The summed E-state index contributed by atoms with van der Waals surface area (Å²) in [5, 5.41) is 8.38. The Hall–Kier alpha value is -2.87. The van der Waals surface area contributed by atoms with E-state index in [1.807, 2.05) is 19.1 Å². The van der Waals surface area contributed by atoms with Gasteiger partial charge < -0.3 is 4.52 Å². The second-order valence-corrected chi connectivity index (χ2v) is 6.48. The van der Waals surface area contributed by atoms with Crippen molar-refractivity contribution in [3.05, 3.63) is 58.7 Å². The van der Waals surface area contributed by atoms with Crippen molar-refractivity contribution in [2.24, 2.45) is 0 Å². The third kappa shape index (κ3) is 3.55. The smallest absolute Gasteiger partial charge is 0.266 e. The van der Waals surface area contributed by atoms with Gasteiger partial charge in [0.15, 0.2) is 5.82 Å². The van der Waals surface area contributed by atoms with E-state index in [1.54, 1.807) is 29.2 Å². The van der Waals surface area contributed by atoms with Gasteiger partial charge in [0.1, 0.15) is 0 Å². The van der Waals surface area contributed by atoms with Crippen molar-refractivity contribution in [3.8, 4) is 11.3 Å². The second-order valence-electron chi connectivity index (χ2n) is 6.48. The van der Waals surface area contributed by atoms with Crippen LogP contribution >= 0.6 is 0 Å². The van der Waals surface area contributed by atoms with Crippen LogP contribution in [-0.4, -0.2) is 42.4 Å². The van der Waals surface area contributed by atoms with Crippen LogP contribution in [0.5, 0.6) is 0 Å². The molecule has 1 unspecified atom stereocenters. The lowest BCUT2D eigenvalue weighted by Gasteiger charge is -2.23. The van der Waals surface area contributed by atoms with Gasteiger partial charge in [-0.15, -0.1) is 0 Å². The van der Waals surface area contributed by atoms with E-state index in [-0.39, 0.29) is 11.6 Å².